The van der Waals surface area contributed by atoms with Crippen LogP contribution in [0.1, 0.15) is 26.7 Å². The van der Waals surface area contributed by atoms with Gasteiger partial charge in [0.1, 0.15) is 6.29 Å². The minimum absolute atomic E-state index is 0.0333. The Balaban J connectivity index is 3.39. The lowest BCUT2D eigenvalue weighted by atomic mass is 10.2. The Bertz CT molecular complexity index is 104. The zero-order valence-corrected chi connectivity index (χ0v) is 7.12. The maximum absolute atomic E-state index is 10.0. The zero-order valence-electron chi connectivity index (χ0n) is 7.12. The van der Waals surface area contributed by atoms with Gasteiger partial charge in [-0.3, -0.25) is 0 Å². The summed E-state index contributed by atoms with van der Waals surface area (Å²) in [5.41, 5.74) is 0. The van der Waals surface area contributed by atoms with Gasteiger partial charge in [-0.1, -0.05) is 0 Å². The van der Waals surface area contributed by atoms with Gasteiger partial charge in [0, 0.05) is 13.0 Å². The van der Waals surface area contributed by atoms with Gasteiger partial charge in [0.15, 0.2) is 0 Å². The van der Waals surface area contributed by atoms with Crippen LogP contribution in [-0.4, -0.2) is 30.2 Å². The van der Waals surface area contributed by atoms with Gasteiger partial charge in [-0.05, 0) is 20.3 Å². The number of aliphatic hydroxyl groups is 1. The molecule has 0 aromatic rings. The summed E-state index contributed by atoms with van der Waals surface area (Å²) in [5, 5.41) is 8.53. The molecule has 0 aliphatic heterocycles. The fourth-order valence-corrected chi connectivity index (χ4v) is 0.837. The third kappa shape index (κ3) is 6.01. The van der Waals surface area contributed by atoms with E-state index in [0.29, 0.717) is 12.8 Å². The number of hydrogen-bond donors (Lipinski definition) is 1. The van der Waals surface area contributed by atoms with Gasteiger partial charge in [-0.2, -0.15) is 0 Å². The lowest BCUT2D eigenvalue weighted by Crippen LogP contribution is -2.18. The Morgan fingerprint density at radius 3 is 2.55 bits per heavy atom. The molecule has 1 N–H and O–H groups in total. The molecule has 3 heteroatoms. The van der Waals surface area contributed by atoms with E-state index in [2.05, 4.69) is 0 Å². The van der Waals surface area contributed by atoms with E-state index in [1.807, 2.05) is 13.8 Å². The second-order valence-corrected chi connectivity index (χ2v) is 2.67. The molecule has 0 saturated carbocycles. The van der Waals surface area contributed by atoms with E-state index in [1.165, 1.54) is 0 Å². The molecule has 0 saturated heterocycles. The third-order valence-corrected chi connectivity index (χ3v) is 1.43. The second-order valence-electron chi connectivity index (χ2n) is 2.67. The first-order valence-corrected chi connectivity index (χ1v) is 3.90. The normalized spacial score (nSPS) is 15.9. The van der Waals surface area contributed by atoms with Crippen LogP contribution in [0.2, 0.25) is 0 Å². The summed E-state index contributed by atoms with van der Waals surface area (Å²) in [4.78, 5) is 10.0. The van der Waals surface area contributed by atoms with E-state index in [1.54, 1.807) is 0 Å². The number of aliphatic hydroxyl groups excluding tert-OH is 1. The quantitative estimate of drug-likeness (QED) is 0.583. The Kier molecular flexibility index (Phi) is 6.07. The van der Waals surface area contributed by atoms with E-state index in [9.17, 15) is 4.79 Å². The number of aldehydes is 1. The molecule has 0 radical (unpaired) electrons. The van der Waals surface area contributed by atoms with Gasteiger partial charge in [-0.15, -0.1) is 0 Å². The highest BCUT2D eigenvalue weighted by atomic mass is 16.5. The van der Waals surface area contributed by atoms with Crippen molar-refractivity contribution < 1.29 is 14.6 Å². The van der Waals surface area contributed by atoms with Gasteiger partial charge >= 0.3 is 0 Å². The summed E-state index contributed by atoms with van der Waals surface area (Å²) >= 11 is 0. The van der Waals surface area contributed by atoms with Crippen molar-refractivity contribution in [1.29, 1.82) is 0 Å². The largest absolute Gasteiger partial charge is 0.396 e. The van der Waals surface area contributed by atoms with E-state index in [4.69, 9.17) is 9.84 Å². The summed E-state index contributed by atoms with van der Waals surface area (Å²) in [6.45, 7) is 3.87. The first-order chi connectivity index (χ1) is 5.20. The fourth-order valence-electron chi connectivity index (χ4n) is 0.837. The van der Waals surface area contributed by atoms with Crippen LogP contribution >= 0.6 is 0 Å². The highest BCUT2D eigenvalue weighted by molar-refractivity contribution is 5.49. The number of carbonyl (C=O) groups is 1. The van der Waals surface area contributed by atoms with Crippen molar-refractivity contribution in [2.75, 3.05) is 6.61 Å². The molecule has 0 bridgehead atoms. The van der Waals surface area contributed by atoms with E-state index >= 15 is 0 Å². The Hall–Kier alpha value is -0.410. The summed E-state index contributed by atoms with van der Waals surface area (Å²) in [5.74, 6) is 0. The molecule has 3 nitrogen and oxygen atoms in total. The number of hydrogen-bond acceptors (Lipinski definition) is 3. The molecule has 0 fully saturated rings. The topological polar surface area (TPSA) is 46.5 Å². The van der Waals surface area contributed by atoms with E-state index < -0.39 is 0 Å². The SMILES string of the molecule is C[C@H](CC=O)O[C@@H](C)CCO. The number of carbonyl (C=O) groups excluding carboxylic acids is 1. The van der Waals surface area contributed by atoms with E-state index in [0.717, 1.165) is 6.29 Å². The zero-order chi connectivity index (χ0) is 8.69. The molecule has 0 aliphatic rings. The second kappa shape index (κ2) is 6.31. The monoisotopic (exact) mass is 160 g/mol. The van der Waals surface area contributed by atoms with Gasteiger partial charge in [0.25, 0.3) is 0 Å². The predicted molar refractivity (Wildman–Crippen MR) is 42.4 cm³/mol. The van der Waals surface area contributed by atoms with Gasteiger partial charge in [0.2, 0.25) is 0 Å². The molecule has 0 heterocycles. The smallest absolute Gasteiger partial charge is 0.122 e. The average molecular weight is 160 g/mol. The van der Waals surface area contributed by atoms with Crippen molar-refractivity contribution in [2.45, 2.75) is 38.9 Å². The summed E-state index contributed by atoms with van der Waals surface area (Å²) in [6.07, 6.45) is 1.90. The van der Waals surface area contributed by atoms with Crippen LogP contribution in [-0.2, 0) is 9.53 Å². The van der Waals surface area contributed by atoms with Crippen LogP contribution in [0.3, 0.4) is 0 Å². The molecule has 0 amide bonds. The van der Waals surface area contributed by atoms with E-state index in [-0.39, 0.29) is 18.8 Å². The van der Waals surface area contributed by atoms with Crippen molar-refractivity contribution in [3.63, 3.8) is 0 Å². The fraction of sp³-hybridized carbons (Fsp3) is 0.875. The van der Waals surface area contributed by atoms with Crippen molar-refractivity contribution in [2.24, 2.45) is 0 Å². The molecule has 0 aromatic carbocycles. The third-order valence-electron chi connectivity index (χ3n) is 1.43. The molecule has 0 aliphatic carbocycles. The Labute approximate surface area is 67.4 Å². The molecule has 0 spiro atoms. The minimum atomic E-state index is -0.0333. The van der Waals surface area contributed by atoms with Crippen molar-refractivity contribution in [3.8, 4) is 0 Å². The van der Waals surface area contributed by atoms with Gasteiger partial charge < -0.3 is 14.6 Å². The molecular weight excluding hydrogens is 144 g/mol. The molecule has 0 unspecified atom stereocenters. The summed E-state index contributed by atoms with van der Waals surface area (Å²) < 4.78 is 5.34. The molecule has 66 valence electrons. The predicted octanol–water partition coefficient (Wildman–Crippen LogP) is 0.751. The molecular formula is C8H16O3. The van der Waals surface area contributed by atoms with Gasteiger partial charge in [-0.25, -0.2) is 0 Å². The maximum Gasteiger partial charge on any atom is 0.122 e. The standard InChI is InChI=1S/C8H16O3/c1-7(3-5-9)11-8(2)4-6-10/h5,7-8,10H,3-4,6H2,1-2H3/t7-,8+/m1/s1. The molecule has 2 atom stereocenters. The van der Waals surface area contributed by atoms with Crippen LogP contribution in [0.4, 0.5) is 0 Å². The van der Waals surface area contributed by atoms with Crippen molar-refractivity contribution >= 4 is 6.29 Å². The minimum Gasteiger partial charge on any atom is -0.396 e. The molecule has 11 heavy (non-hydrogen) atoms. The Morgan fingerprint density at radius 2 is 2.09 bits per heavy atom. The van der Waals surface area contributed by atoms with Crippen LogP contribution in [0.15, 0.2) is 0 Å². The summed E-state index contributed by atoms with van der Waals surface area (Å²) in [6, 6.07) is 0. The average Bonchev–Trinajstić information content (AvgIpc) is 1.87. The molecule has 0 rings (SSSR count). The highest BCUT2D eigenvalue weighted by Crippen LogP contribution is 2.03. The molecule has 0 aromatic heterocycles. The van der Waals surface area contributed by atoms with Crippen LogP contribution in [0.5, 0.6) is 0 Å². The van der Waals surface area contributed by atoms with Crippen LogP contribution < -0.4 is 0 Å². The van der Waals surface area contributed by atoms with Crippen LogP contribution in [0, 0.1) is 0 Å². The first kappa shape index (κ1) is 10.6. The Morgan fingerprint density at radius 1 is 1.45 bits per heavy atom. The van der Waals surface area contributed by atoms with Gasteiger partial charge in [0.05, 0.1) is 12.2 Å². The number of ether oxygens (including phenoxy) is 1. The maximum atomic E-state index is 10.0. The highest BCUT2D eigenvalue weighted by Gasteiger charge is 2.06. The van der Waals surface area contributed by atoms with Crippen LogP contribution in [0.25, 0.3) is 0 Å². The lowest BCUT2D eigenvalue weighted by molar-refractivity contribution is -0.111. The first-order valence-electron chi connectivity index (χ1n) is 3.90. The van der Waals surface area contributed by atoms with Crippen molar-refractivity contribution in [3.05, 3.63) is 0 Å². The summed E-state index contributed by atoms with van der Waals surface area (Å²) in [7, 11) is 0. The lowest BCUT2D eigenvalue weighted by Gasteiger charge is -2.16. The number of rotatable bonds is 6. The van der Waals surface area contributed by atoms with Crippen molar-refractivity contribution in [1.82, 2.24) is 0 Å².